The number of methoxy groups -OCH3 is 2. The Labute approximate surface area is 192 Å². The van der Waals surface area contributed by atoms with Gasteiger partial charge < -0.3 is 24.2 Å². The van der Waals surface area contributed by atoms with Crippen LogP contribution in [0.15, 0.2) is 40.9 Å². The van der Waals surface area contributed by atoms with Crippen LogP contribution in [0, 0.1) is 11.7 Å². The molecule has 33 heavy (non-hydrogen) atoms. The Morgan fingerprint density at radius 2 is 1.85 bits per heavy atom. The number of benzene rings is 2. The van der Waals surface area contributed by atoms with Gasteiger partial charge in [0, 0.05) is 30.5 Å². The van der Waals surface area contributed by atoms with E-state index in [-0.39, 0.29) is 29.7 Å². The van der Waals surface area contributed by atoms with Crippen LogP contribution in [0.1, 0.15) is 49.9 Å². The van der Waals surface area contributed by atoms with E-state index in [0.717, 1.165) is 29.5 Å². The van der Waals surface area contributed by atoms with Gasteiger partial charge in [-0.15, -0.1) is 0 Å². The van der Waals surface area contributed by atoms with Crippen LogP contribution < -0.4 is 14.8 Å². The summed E-state index contributed by atoms with van der Waals surface area (Å²) in [6.07, 6.45) is 1.55. The average Bonchev–Trinajstić information content (AvgIpc) is 3.24. The molecule has 2 amide bonds. The maximum Gasteiger partial charge on any atom is 0.317 e. The Morgan fingerprint density at radius 3 is 2.52 bits per heavy atom. The summed E-state index contributed by atoms with van der Waals surface area (Å²) in [5.41, 5.74) is 2.27. The fourth-order valence-corrected chi connectivity index (χ4v) is 4.49. The van der Waals surface area contributed by atoms with E-state index < -0.39 is 0 Å². The van der Waals surface area contributed by atoms with Gasteiger partial charge in [-0.1, -0.05) is 25.1 Å². The van der Waals surface area contributed by atoms with E-state index in [1.54, 1.807) is 20.3 Å². The molecule has 1 N–H and O–H groups in total. The molecule has 4 rings (SSSR count). The summed E-state index contributed by atoms with van der Waals surface area (Å²) in [4.78, 5) is 14.9. The summed E-state index contributed by atoms with van der Waals surface area (Å²) < 4.78 is 29.5. The molecule has 3 aromatic rings. The highest BCUT2D eigenvalue weighted by molar-refractivity contribution is 5.80. The number of nitrogens with one attached hydrogen (secondary N) is 1. The number of urea groups is 1. The lowest BCUT2D eigenvalue weighted by molar-refractivity contribution is 0.173. The number of nitrogens with zero attached hydrogens (tertiary/aromatic N) is 2. The molecule has 1 unspecified atom stereocenters. The third kappa shape index (κ3) is 4.74. The lowest BCUT2D eigenvalue weighted by atomic mass is 9.91. The van der Waals surface area contributed by atoms with Crippen molar-refractivity contribution in [1.82, 2.24) is 15.4 Å². The maximum absolute atomic E-state index is 13.4. The Bertz CT molecular complexity index is 1120. The summed E-state index contributed by atoms with van der Waals surface area (Å²) in [6, 6.07) is 9.96. The molecule has 0 spiro atoms. The first kappa shape index (κ1) is 22.9. The van der Waals surface area contributed by atoms with Crippen molar-refractivity contribution >= 4 is 17.0 Å². The molecule has 0 saturated carbocycles. The molecule has 8 heteroatoms. The first-order valence-electron chi connectivity index (χ1n) is 11.2. The summed E-state index contributed by atoms with van der Waals surface area (Å²) in [7, 11) is 3.20. The minimum Gasteiger partial charge on any atom is -0.493 e. The number of amides is 2. The number of aromatic nitrogens is 1. The predicted molar refractivity (Wildman–Crippen MR) is 123 cm³/mol. The lowest BCUT2D eigenvalue weighted by Crippen LogP contribution is -2.46. The van der Waals surface area contributed by atoms with Crippen LogP contribution in [0.2, 0.25) is 0 Å². The monoisotopic (exact) mass is 455 g/mol. The highest BCUT2D eigenvalue weighted by atomic mass is 19.1. The zero-order valence-electron chi connectivity index (χ0n) is 19.4. The molecule has 1 atom stereocenters. The molecule has 2 aromatic carbocycles. The molecule has 0 radical (unpaired) electrons. The average molecular weight is 456 g/mol. The molecule has 2 heterocycles. The molecule has 1 aliphatic rings. The van der Waals surface area contributed by atoms with Gasteiger partial charge in [0.15, 0.2) is 17.1 Å². The quantitative estimate of drug-likeness (QED) is 0.548. The molecule has 0 bridgehead atoms. The van der Waals surface area contributed by atoms with E-state index >= 15 is 0 Å². The van der Waals surface area contributed by atoms with Crippen molar-refractivity contribution in [2.75, 3.05) is 27.3 Å². The van der Waals surface area contributed by atoms with Crippen molar-refractivity contribution in [2.45, 2.75) is 38.6 Å². The van der Waals surface area contributed by atoms with Crippen molar-refractivity contribution < 1.29 is 23.2 Å². The van der Waals surface area contributed by atoms with Crippen LogP contribution in [0.25, 0.3) is 11.0 Å². The van der Waals surface area contributed by atoms with E-state index in [9.17, 15) is 9.18 Å². The van der Waals surface area contributed by atoms with Gasteiger partial charge in [-0.05, 0) is 48.6 Å². The SMILES string of the molecule is COc1ccc(C(NC(=O)N2CCC(c3noc4cc(F)ccc34)CC2)C(C)C)cc1OC. The van der Waals surface area contributed by atoms with Gasteiger partial charge in [0.1, 0.15) is 5.82 Å². The number of halogens is 1. The molecule has 1 aromatic heterocycles. The zero-order chi connectivity index (χ0) is 23.5. The first-order chi connectivity index (χ1) is 15.9. The van der Waals surface area contributed by atoms with Gasteiger partial charge in [0.25, 0.3) is 0 Å². The van der Waals surface area contributed by atoms with Crippen molar-refractivity contribution in [3.8, 4) is 11.5 Å². The van der Waals surface area contributed by atoms with E-state index in [1.165, 1.54) is 12.1 Å². The second-order valence-corrected chi connectivity index (χ2v) is 8.76. The summed E-state index contributed by atoms with van der Waals surface area (Å²) in [5.74, 6) is 1.31. The third-order valence-electron chi connectivity index (χ3n) is 6.34. The van der Waals surface area contributed by atoms with Gasteiger partial charge in [-0.25, -0.2) is 9.18 Å². The molecule has 1 aliphatic heterocycles. The number of carbonyl (C=O) groups excluding carboxylic acids is 1. The molecular formula is C25H30FN3O4. The number of carbonyl (C=O) groups is 1. The summed E-state index contributed by atoms with van der Waals surface area (Å²) >= 11 is 0. The van der Waals surface area contributed by atoms with Crippen LogP contribution in [-0.2, 0) is 0 Å². The number of ether oxygens (including phenoxy) is 2. The first-order valence-corrected chi connectivity index (χ1v) is 11.2. The van der Waals surface area contributed by atoms with Crippen LogP contribution in [0.3, 0.4) is 0 Å². The Hall–Kier alpha value is -3.29. The van der Waals surface area contributed by atoms with Crippen molar-refractivity contribution in [1.29, 1.82) is 0 Å². The van der Waals surface area contributed by atoms with Gasteiger partial charge in [0.2, 0.25) is 0 Å². The number of hydrogen-bond donors (Lipinski definition) is 1. The molecule has 7 nitrogen and oxygen atoms in total. The summed E-state index contributed by atoms with van der Waals surface area (Å²) in [6.45, 7) is 5.38. The molecule has 0 aliphatic carbocycles. The minimum absolute atomic E-state index is 0.0889. The lowest BCUT2D eigenvalue weighted by Gasteiger charge is -2.33. The normalized spacial score (nSPS) is 15.6. The summed E-state index contributed by atoms with van der Waals surface area (Å²) in [5, 5.41) is 8.22. The zero-order valence-corrected chi connectivity index (χ0v) is 19.4. The Morgan fingerprint density at radius 1 is 1.12 bits per heavy atom. The molecule has 1 fully saturated rings. The highest BCUT2D eigenvalue weighted by Gasteiger charge is 2.29. The van der Waals surface area contributed by atoms with Crippen molar-refractivity contribution in [3.05, 3.63) is 53.5 Å². The third-order valence-corrected chi connectivity index (χ3v) is 6.34. The van der Waals surface area contributed by atoms with Crippen LogP contribution in [-0.4, -0.2) is 43.4 Å². The highest BCUT2D eigenvalue weighted by Crippen LogP contribution is 2.34. The predicted octanol–water partition coefficient (Wildman–Crippen LogP) is 5.27. The number of hydrogen-bond acceptors (Lipinski definition) is 5. The molecular weight excluding hydrogens is 425 g/mol. The van der Waals surface area contributed by atoms with Crippen LogP contribution in [0.5, 0.6) is 11.5 Å². The van der Waals surface area contributed by atoms with Gasteiger partial charge in [-0.2, -0.15) is 0 Å². The molecule has 1 saturated heterocycles. The Kier molecular flexibility index (Phi) is 6.72. The Balaban J connectivity index is 1.42. The van der Waals surface area contributed by atoms with E-state index in [4.69, 9.17) is 14.0 Å². The van der Waals surface area contributed by atoms with Crippen LogP contribution >= 0.6 is 0 Å². The largest absolute Gasteiger partial charge is 0.493 e. The number of fused-ring (bicyclic) bond motifs is 1. The number of rotatable bonds is 6. The van der Waals surface area contributed by atoms with Gasteiger partial charge in [-0.3, -0.25) is 0 Å². The topological polar surface area (TPSA) is 76.8 Å². The van der Waals surface area contributed by atoms with Gasteiger partial charge in [0.05, 0.1) is 26.0 Å². The second-order valence-electron chi connectivity index (χ2n) is 8.76. The van der Waals surface area contributed by atoms with Crippen molar-refractivity contribution in [2.24, 2.45) is 5.92 Å². The smallest absolute Gasteiger partial charge is 0.317 e. The number of piperidine rings is 1. The number of likely N-dealkylation sites (tertiary alicyclic amines) is 1. The fourth-order valence-electron chi connectivity index (χ4n) is 4.49. The van der Waals surface area contributed by atoms with Gasteiger partial charge >= 0.3 is 6.03 Å². The maximum atomic E-state index is 13.4. The van der Waals surface area contributed by atoms with E-state index in [0.29, 0.717) is 30.2 Å². The standard InChI is InChI=1S/C25H30FN3O4/c1-15(2)23(17-5-8-20(31-3)22(13-17)32-4)27-25(30)29-11-9-16(10-12-29)24-19-7-6-18(26)14-21(19)33-28-24/h5-8,13-16,23H,9-12H2,1-4H3,(H,27,30). The van der Waals surface area contributed by atoms with E-state index in [1.807, 2.05) is 23.1 Å². The molecule has 176 valence electrons. The minimum atomic E-state index is -0.342. The van der Waals surface area contributed by atoms with Crippen LogP contribution in [0.4, 0.5) is 9.18 Å². The van der Waals surface area contributed by atoms with E-state index in [2.05, 4.69) is 24.3 Å². The van der Waals surface area contributed by atoms with Crippen molar-refractivity contribution in [3.63, 3.8) is 0 Å². The second kappa shape index (κ2) is 9.68. The fraction of sp³-hybridized carbons (Fsp3) is 0.440.